The van der Waals surface area contributed by atoms with Gasteiger partial charge in [0.05, 0.1) is 19.6 Å². The molecule has 0 amide bonds. The average Bonchev–Trinajstić information content (AvgIpc) is 3.33. The normalized spacial score (nSPS) is 12.6. The van der Waals surface area contributed by atoms with Gasteiger partial charge in [-0.2, -0.15) is 0 Å². The molecule has 0 fully saturated rings. The van der Waals surface area contributed by atoms with Gasteiger partial charge >= 0.3 is 0 Å². The zero-order chi connectivity index (χ0) is 26.9. The van der Waals surface area contributed by atoms with E-state index < -0.39 is 0 Å². The first-order chi connectivity index (χ1) is 18.8. The van der Waals surface area contributed by atoms with E-state index in [4.69, 9.17) is 0 Å². The van der Waals surface area contributed by atoms with Crippen molar-refractivity contribution in [3.63, 3.8) is 0 Å². The second-order valence-corrected chi connectivity index (χ2v) is 12.3. The van der Waals surface area contributed by atoms with Crippen molar-refractivity contribution in [2.45, 2.75) is 143 Å². The van der Waals surface area contributed by atoms with Crippen LogP contribution < -0.4 is 4.48 Å². The zero-order valence-corrected chi connectivity index (χ0v) is 25.5. The summed E-state index contributed by atoms with van der Waals surface area (Å²) in [6, 6.07) is 16.5. The highest BCUT2D eigenvalue weighted by Gasteiger charge is 2.35. The Hall–Kier alpha value is -1.60. The summed E-state index contributed by atoms with van der Waals surface area (Å²) in [5.74, 6) is 0. The van der Waals surface area contributed by atoms with Crippen molar-refractivity contribution in [3.8, 4) is 11.1 Å². The molecule has 1 nitrogen and oxygen atoms in total. The summed E-state index contributed by atoms with van der Waals surface area (Å²) < 4.78 is 1.24. The summed E-state index contributed by atoms with van der Waals surface area (Å²) in [5, 5.41) is 0. The molecule has 1 aliphatic carbocycles. The lowest BCUT2D eigenvalue weighted by molar-refractivity contribution is 0.251. The molecule has 2 aromatic carbocycles. The third-order valence-electron chi connectivity index (χ3n) is 9.16. The fraction of sp³-hybridized carbons (Fsp3) is 0.676. The monoisotopic (exact) mass is 518 g/mol. The van der Waals surface area contributed by atoms with E-state index >= 15 is 0 Å². The number of benzene rings is 2. The Bertz CT molecular complexity index is 857. The van der Waals surface area contributed by atoms with Crippen LogP contribution in [0.5, 0.6) is 0 Å². The lowest BCUT2D eigenvalue weighted by Gasteiger charge is -2.40. The highest BCUT2D eigenvalue weighted by atomic mass is 15.4. The van der Waals surface area contributed by atoms with Crippen molar-refractivity contribution in [1.82, 2.24) is 4.48 Å². The van der Waals surface area contributed by atoms with Crippen LogP contribution in [0, 0.1) is 0 Å². The summed E-state index contributed by atoms with van der Waals surface area (Å²) in [7, 11) is 0. The molecule has 38 heavy (non-hydrogen) atoms. The smallest absolute Gasteiger partial charge is 0.137 e. The molecule has 212 valence electrons. The van der Waals surface area contributed by atoms with Crippen molar-refractivity contribution in [2.24, 2.45) is 0 Å². The van der Waals surface area contributed by atoms with E-state index in [-0.39, 0.29) is 0 Å². The van der Waals surface area contributed by atoms with Gasteiger partial charge < -0.3 is 0 Å². The van der Waals surface area contributed by atoms with Gasteiger partial charge in [0.15, 0.2) is 0 Å². The molecule has 0 saturated carbocycles. The third kappa shape index (κ3) is 9.25. The Morgan fingerprint density at radius 1 is 0.474 bits per heavy atom. The van der Waals surface area contributed by atoms with Crippen LogP contribution in [0.25, 0.3) is 11.1 Å². The van der Waals surface area contributed by atoms with Gasteiger partial charge in [0.25, 0.3) is 0 Å². The minimum atomic E-state index is 1.13. The van der Waals surface area contributed by atoms with Gasteiger partial charge in [-0.15, -0.1) is 0 Å². The van der Waals surface area contributed by atoms with E-state index in [0.717, 1.165) is 6.42 Å². The zero-order valence-electron chi connectivity index (χ0n) is 25.5. The summed E-state index contributed by atoms with van der Waals surface area (Å²) in [6.07, 6.45) is 26.2. The average molecular weight is 519 g/mol. The van der Waals surface area contributed by atoms with Gasteiger partial charge in [0.2, 0.25) is 0 Å². The number of unbranched alkanes of at least 4 members (excludes halogenated alkanes) is 15. The van der Waals surface area contributed by atoms with Crippen molar-refractivity contribution >= 4 is 5.69 Å². The Balaban J connectivity index is 1.82. The van der Waals surface area contributed by atoms with E-state index in [9.17, 15) is 0 Å². The van der Waals surface area contributed by atoms with Gasteiger partial charge in [0, 0.05) is 12.0 Å². The Labute approximate surface area is 237 Å². The molecular formula is C37H60N+. The summed E-state index contributed by atoms with van der Waals surface area (Å²) in [4.78, 5) is 0. The lowest BCUT2D eigenvalue weighted by Crippen LogP contribution is -2.52. The van der Waals surface area contributed by atoms with Gasteiger partial charge in [-0.3, -0.25) is 4.48 Å². The number of nitrogens with zero attached hydrogens (tertiary/aromatic N) is 1. The first kappa shape index (κ1) is 30.9. The van der Waals surface area contributed by atoms with Gasteiger partial charge in [-0.05, 0) is 61.3 Å². The SMILES string of the molecule is CCCCCCCC[N+](CCCCCCCC)(CCCCCCCC)c1cccc2c1Cc1ccccc1-2. The minimum absolute atomic E-state index is 1.13. The molecule has 0 aromatic heterocycles. The molecular weight excluding hydrogens is 458 g/mol. The predicted octanol–water partition coefficient (Wildman–Crippen LogP) is 11.6. The first-order valence-corrected chi connectivity index (χ1v) is 16.8. The van der Waals surface area contributed by atoms with Crippen LogP contribution in [0.3, 0.4) is 0 Å². The Morgan fingerprint density at radius 2 is 0.921 bits per heavy atom. The van der Waals surface area contributed by atoms with Crippen molar-refractivity contribution in [1.29, 1.82) is 0 Å². The molecule has 0 radical (unpaired) electrons. The molecule has 1 aliphatic rings. The molecule has 0 heterocycles. The fourth-order valence-corrected chi connectivity index (χ4v) is 6.87. The summed E-state index contributed by atoms with van der Waals surface area (Å²) in [5.41, 5.74) is 7.87. The molecule has 0 aliphatic heterocycles. The van der Waals surface area contributed by atoms with Gasteiger partial charge in [0.1, 0.15) is 5.69 Å². The van der Waals surface area contributed by atoms with Crippen LogP contribution >= 0.6 is 0 Å². The lowest BCUT2D eigenvalue weighted by atomic mass is 9.99. The molecule has 3 rings (SSSR count). The summed E-state index contributed by atoms with van der Waals surface area (Å²) in [6.45, 7) is 11.0. The van der Waals surface area contributed by atoms with Crippen LogP contribution in [0.15, 0.2) is 42.5 Å². The van der Waals surface area contributed by atoms with Crippen LogP contribution in [0.1, 0.15) is 147 Å². The maximum atomic E-state index is 2.54. The second-order valence-electron chi connectivity index (χ2n) is 12.3. The topological polar surface area (TPSA) is 0 Å². The number of fused-ring (bicyclic) bond motifs is 3. The molecule has 0 bridgehead atoms. The molecule has 0 atom stereocenters. The fourth-order valence-electron chi connectivity index (χ4n) is 6.87. The van der Waals surface area contributed by atoms with Crippen LogP contribution in [-0.2, 0) is 6.42 Å². The molecule has 2 aromatic rings. The van der Waals surface area contributed by atoms with Crippen molar-refractivity contribution in [3.05, 3.63) is 53.6 Å². The van der Waals surface area contributed by atoms with Gasteiger partial charge in [-0.25, -0.2) is 0 Å². The standard InChI is InChI=1S/C37H60N/c1-4-7-10-13-16-21-29-38(30-22-17-14-11-8-5-2,31-23-18-15-12-9-6-3)37-28-24-27-35-34-26-20-19-25-33(34)32-36(35)37/h19-20,24-28H,4-18,21-23,29-32H2,1-3H3/q+1. The highest BCUT2D eigenvalue weighted by Crippen LogP contribution is 2.44. The van der Waals surface area contributed by atoms with E-state index in [2.05, 4.69) is 63.2 Å². The maximum Gasteiger partial charge on any atom is 0.137 e. The second kappa shape index (κ2) is 17.9. The molecule has 0 saturated heterocycles. The molecule has 1 heteroatoms. The number of rotatable bonds is 22. The largest absolute Gasteiger partial charge is 0.291 e. The highest BCUT2D eigenvalue weighted by molar-refractivity contribution is 5.81. The van der Waals surface area contributed by atoms with E-state index in [1.165, 1.54) is 156 Å². The first-order valence-electron chi connectivity index (χ1n) is 16.8. The van der Waals surface area contributed by atoms with Crippen LogP contribution in [0.4, 0.5) is 5.69 Å². The Kier molecular flexibility index (Phi) is 14.6. The third-order valence-corrected chi connectivity index (χ3v) is 9.16. The van der Waals surface area contributed by atoms with Crippen molar-refractivity contribution in [2.75, 3.05) is 19.6 Å². The predicted molar refractivity (Wildman–Crippen MR) is 171 cm³/mol. The van der Waals surface area contributed by atoms with Crippen molar-refractivity contribution < 1.29 is 0 Å². The van der Waals surface area contributed by atoms with E-state index in [1.807, 2.05) is 0 Å². The molecule has 0 spiro atoms. The van der Waals surface area contributed by atoms with E-state index in [0.29, 0.717) is 0 Å². The maximum absolute atomic E-state index is 2.54. The molecule has 0 unspecified atom stereocenters. The summed E-state index contributed by atoms with van der Waals surface area (Å²) >= 11 is 0. The minimum Gasteiger partial charge on any atom is -0.291 e. The van der Waals surface area contributed by atoms with Crippen LogP contribution in [-0.4, -0.2) is 19.6 Å². The van der Waals surface area contributed by atoms with Crippen LogP contribution in [0.2, 0.25) is 0 Å². The number of hydrogen-bond acceptors (Lipinski definition) is 0. The quantitative estimate of drug-likeness (QED) is 0.0916. The van der Waals surface area contributed by atoms with Gasteiger partial charge in [-0.1, -0.05) is 134 Å². The van der Waals surface area contributed by atoms with E-state index in [1.54, 1.807) is 11.3 Å². The number of quaternary nitrogens is 1. The molecule has 0 N–H and O–H groups in total. The number of hydrogen-bond donors (Lipinski definition) is 0. The Morgan fingerprint density at radius 3 is 1.45 bits per heavy atom.